The number of amides is 2. The molecule has 6 heteroatoms. The van der Waals surface area contributed by atoms with E-state index in [2.05, 4.69) is 10.2 Å². The first-order valence-corrected chi connectivity index (χ1v) is 7.01. The van der Waals surface area contributed by atoms with Crippen LogP contribution in [0.2, 0.25) is 0 Å². The number of hydrogen-bond acceptors (Lipinski definition) is 4. The monoisotopic (exact) mass is 291 g/mol. The Kier molecular flexibility index (Phi) is 4.93. The van der Waals surface area contributed by atoms with E-state index in [-0.39, 0.29) is 11.9 Å². The lowest BCUT2D eigenvalue weighted by molar-refractivity contribution is -0.135. The SMILES string of the molecule is Cc1ccc(C(=O)N[C@@H]2CN(C)CC[C@@H]2C(=O)NO)cc1. The van der Waals surface area contributed by atoms with E-state index in [1.807, 2.05) is 26.1 Å². The van der Waals surface area contributed by atoms with Crippen LogP contribution in [-0.4, -0.2) is 48.1 Å². The fraction of sp³-hybridized carbons (Fsp3) is 0.467. The van der Waals surface area contributed by atoms with Crippen molar-refractivity contribution < 1.29 is 14.8 Å². The number of carbonyl (C=O) groups excluding carboxylic acids is 2. The Labute approximate surface area is 124 Å². The van der Waals surface area contributed by atoms with E-state index >= 15 is 0 Å². The quantitative estimate of drug-likeness (QED) is 0.561. The van der Waals surface area contributed by atoms with Gasteiger partial charge in [0.2, 0.25) is 5.91 Å². The molecule has 0 saturated carbocycles. The largest absolute Gasteiger partial charge is 0.347 e. The van der Waals surface area contributed by atoms with Gasteiger partial charge in [-0.2, -0.15) is 0 Å². The molecule has 2 atom stereocenters. The Bertz CT molecular complexity index is 515. The number of likely N-dealkylation sites (N-methyl/N-ethyl adjacent to an activating group) is 1. The molecular formula is C15H21N3O3. The molecule has 1 aromatic carbocycles. The van der Waals surface area contributed by atoms with Crippen molar-refractivity contribution in [1.29, 1.82) is 0 Å². The van der Waals surface area contributed by atoms with Gasteiger partial charge in [0.1, 0.15) is 0 Å². The number of piperidine rings is 1. The molecule has 1 fully saturated rings. The lowest BCUT2D eigenvalue weighted by atomic mass is 9.91. The van der Waals surface area contributed by atoms with Crippen LogP contribution in [0.25, 0.3) is 0 Å². The van der Waals surface area contributed by atoms with Crippen molar-refractivity contribution in [2.75, 3.05) is 20.1 Å². The van der Waals surface area contributed by atoms with Crippen molar-refractivity contribution in [2.24, 2.45) is 5.92 Å². The smallest absolute Gasteiger partial charge is 0.251 e. The molecule has 1 aliphatic rings. The van der Waals surface area contributed by atoms with Gasteiger partial charge in [-0.15, -0.1) is 0 Å². The first-order valence-electron chi connectivity index (χ1n) is 7.01. The van der Waals surface area contributed by atoms with Crippen LogP contribution in [0, 0.1) is 12.8 Å². The van der Waals surface area contributed by atoms with Crippen molar-refractivity contribution in [2.45, 2.75) is 19.4 Å². The summed E-state index contributed by atoms with van der Waals surface area (Å²) < 4.78 is 0. The summed E-state index contributed by atoms with van der Waals surface area (Å²) in [7, 11) is 1.94. The van der Waals surface area contributed by atoms with Gasteiger partial charge in [-0.05, 0) is 39.1 Å². The average molecular weight is 291 g/mol. The molecule has 0 bridgehead atoms. The van der Waals surface area contributed by atoms with Gasteiger partial charge in [-0.3, -0.25) is 14.8 Å². The zero-order valence-electron chi connectivity index (χ0n) is 12.3. The number of aryl methyl sites for hydroxylation is 1. The van der Waals surface area contributed by atoms with Gasteiger partial charge in [0.25, 0.3) is 5.91 Å². The van der Waals surface area contributed by atoms with Gasteiger partial charge >= 0.3 is 0 Å². The third kappa shape index (κ3) is 3.80. The standard InChI is InChI=1S/C15H21N3O3/c1-10-3-5-11(6-4-10)14(19)16-13-9-18(2)8-7-12(13)15(20)17-21/h3-6,12-13,21H,7-9H2,1-2H3,(H,16,19)(H,17,20)/t12-,13+/m0/s1. The molecule has 1 heterocycles. The Balaban J connectivity index is 2.08. The Morgan fingerprint density at radius 3 is 2.57 bits per heavy atom. The van der Waals surface area contributed by atoms with Crippen molar-refractivity contribution in [3.63, 3.8) is 0 Å². The summed E-state index contributed by atoms with van der Waals surface area (Å²) in [5.41, 5.74) is 3.34. The number of carbonyl (C=O) groups is 2. The molecule has 1 aliphatic heterocycles. The third-order valence-electron chi connectivity index (χ3n) is 3.89. The highest BCUT2D eigenvalue weighted by atomic mass is 16.5. The molecule has 3 N–H and O–H groups in total. The number of hydrogen-bond donors (Lipinski definition) is 3. The van der Waals surface area contributed by atoms with Crippen LogP contribution in [0.15, 0.2) is 24.3 Å². The summed E-state index contributed by atoms with van der Waals surface area (Å²) in [6, 6.07) is 6.96. The normalized spacial score (nSPS) is 22.6. The summed E-state index contributed by atoms with van der Waals surface area (Å²) in [6.45, 7) is 3.30. The molecule has 0 radical (unpaired) electrons. The molecule has 1 saturated heterocycles. The second-order valence-electron chi connectivity index (χ2n) is 5.58. The molecule has 0 unspecified atom stereocenters. The van der Waals surface area contributed by atoms with Gasteiger partial charge in [-0.1, -0.05) is 17.7 Å². The summed E-state index contributed by atoms with van der Waals surface area (Å²) in [4.78, 5) is 26.0. The minimum Gasteiger partial charge on any atom is -0.347 e. The van der Waals surface area contributed by atoms with Crippen LogP contribution in [0.3, 0.4) is 0 Å². The van der Waals surface area contributed by atoms with E-state index in [1.165, 1.54) is 0 Å². The lowest BCUT2D eigenvalue weighted by Crippen LogP contribution is -2.55. The van der Waals surface area contributed by atoms with E-state index in [9.17, 15) is 9.59 Å². The topological polar surface area (TPSA) is 81.7 Å². The van der Waals surface area contributed by atoms with Gasteiger partial charge < -0.3 is 10.2 Å². The van der Waals surface area contributed by atoms with Crippen molar-refractivity contribution in [3.8, 4) is 0 Å². The summed E-state index contributed by atoms with van der Waals surface area (Å²) in [5.74, 6) is -1.07. The fourth-order valence-electron chi connectivity index (χ4n) is 2.61. The highest BCUT2D eigenvalue weighted by molar-refractivity contribution is 5.94. The Hall–Kier alpha value is -1.92. The van der Waals surface area contributed by atoms with Crippen LogP contribution >= 0.6 is 0 Å². The molecule has 21 heavy (non-hydrogen) atoms. The summed E-state index contributed by atoms with van der Waals surface area (Å²) >= 11 is 0. The van der Waals surface area contributed by atoms with Crippen LogP contribution in [-0.2, 0) is 4.79 Å². The average Bonchev–Trinajstić information content (AvgIpc) is 2.47. The molecule has 0 spiro atoms. The first kappa shape index (κ1) is 15.5. The first-order chi connectivity index (χ1) is 10.0. The highest BCUT2D eigenvalue weighted by Gasteiger charge is 2.34. The highest BCUT2D eigenvalue weighted by Crippen LogP contribution is 2.17. The number of hydroxylamine groups is 1. The van der Waals surface area contributed by atoms with Crippen LogP contribution in [0.5, 0.6) is 0 Å². The van der Waals surface area contributed by atoms with Crippen molar-refractivity contribution in [1.82, 2.24) is 15.7 Å². The molecule has 2 amide bonds. The number of likely N-dealkylation sites (tertiary alicyclic amines) is 1. The molecule has 0 aromatic heterocycles. The summed E-state index contributed by atoms with van der Waals surface area (Å²) in [6.07, 6.45) is 0.599. The second-order valence-corrected chi connectivity index (χ2v) is 5.58. The molecule has 6 nitrogen and oxygen atoms in total. The minimum atomic E-state index is -0.447. The molecular weight excluding hydrogens is 270 g/mol. The number of nitrogens with zero attached hydrogens (tertiary/aromatic N) is 1. The maximum atomic E-state index is 12.3. The van der Waals surface area contributed by atoms with Gasteiger partial charge in [0.05, 0.1) is 12.0 Å². The third-order valence-corrected chi connectivity index (χ3v) is 3.89. The number of nitrogens with one attached hydrogen (secondary N) is 2. The lowest BCUT2D eigenvalue weighted by Gasteiger charge is -2.35. The maximum absolute atomic E-state index is 12.3. The molecule has 114 valence electrons. The molecule has 0 aliphatic carbocycles. The van der Waals surface area contributed by atoms with Crippen LogP contribution < -0.4 is 10.8 Å². The number of rotatable bonds is 3. The fourth-order valence-corrected chi connectivity index (χ4v) is 2.61. The van der Waals surface area contributed by atoms with Crippen molar-refractivity contribution in [3.05, 3.63) is 35.4 Å². The van der Waals surface area contributed by atoms with Gasteiger partial charge in [0, 0.05) is 12.1 Å². The predicted molar refractivity (Wildman–Crippen MR) is 78.0 cm³/mol. The van der Waals surface area contributed by atoms with E-state index in [0.29, 0.717) is 18.5 Å². The minimum absolute atomic E-state index is 0.203. The number of benzene rings is 1. The molecule has 2 rings (SSSR count). The predicted octanol–water partition coefficient (Wildman–Crippen LogP) is 0.551. The van der Waals surface area contributed by atoms with Crippen molar-refractivity contribution >= 4 is 11.8 Å². The van der Waals surface area contributed by atoms with E-state index in [1.54, 1.807) is 17.6 Å². The molecule has 1 aromatic rings. The zero-order chi connectivity index (χ0) is 15.4. The van der Waals surface area contributed by atoms with E-state index in [0.717, 1.165) is 12.1 Å². The summed E-state index contributed by atoms with van der Waals surface area (Å²) in [5, 5.41) is 11.7. The van der Waals surface area contributed by atoms with Crippen LogP contribution in [0.1, 0.15) is 22.3 Å². The Morgan fingerprint density at radius 1 is 1.29 bits per heavy atom. The van der Waals surface area contributed by atoms with Gasteiger partial charge in [0.15, 0.2) is 0 Å². The van der Waals surface area contributed by atoms with Gasteiger partial charge in [-0.25, -0.2) is 5.48 Å². The second kappa shape index (κ2) is 6.69. The van der Waals surface area contributed by atoms with E-state index < -0.39 is 11.8 Å². The van der Waals surface area contributed by atoms with E-state index in [4.69, 9.17) is 5.21 Å². The van der Waals surface area contributed by atoms with Crippen LogP contribution in [0.4, 0.5) is 0 Å². The Morgan fingerprint density at radius 2 is 1.95 bits per heavy atom. The zero-order valence-corrected chi connectivity index (χ0v) is 12.3. The maximum Gasteiger partial charge on any atom is 0.251 e.